The Balaban J connectivity index is 2.48. The van der Waals surface area contributed by atoms with E-state index in [1.54, 1.807) is 26.8 Å². The highest BCUT2D eigenvalue weighted by Crippen LogP contribution is 2.38. The van der Waals surface area contributed by atoms with Crippen molar-refractivity contribution in [2.75, 3.05) is 12.0 Å². The molecule has 0 bridgehead atoms. The number of carbonyl (C=O) groups is 2. The molecule has 0 aliphatic carbocycles. The van der Waals surface area contributed by atoms with E-state index in [0.717, 1.165) is 11.1 Å². The van der Waals surface area contributed by atoms with Gasteiger partial charge in [0.25, 0.3) is 0 Å². The number of rotatable bonds is 2. The highest BCUT2D eigenvalue weighted by atomic mass is 16.6. The molecule has 2 rings (SSSR count). The number of nitrogens with zero attached hydrogens (tertiary/aromatic N) is 1. The number of aliphatic carboxylic acids is 1. The molecule has 1 N–H and O–H groups in total. The Morgan fingerprint density at radius 2 is 1.95 bits per heavy atom. The Bertz CT molecular complexity index is 618. The van der Waals surface area contributed by atoms with Crippen molar-refractivity contribution < 1.29 is 24.2 Å². The molecule has 22 heavy (non-hydrogen) atoms. The van der Waals surface area contributed by atoms with Crippen molar-refractivity contribution in [1.82, 2.24) is 0 Å². The van der Waals surface area contributed by atoms with Gasteiger partial charge in [0.15, 0.2) is 0 Å². The first kappa shape index (κ1) is 16.1. The van der Waals surface area contributed by atoms with Crippen LogP contribution in [0.15, 0.2) is 12.1 Å². The van der Waals surface area contributed by atoms with Crippen molar-refractivity contribution in [3.8, 4) is 5.75 Å². The van der Waals surface area contributed by atoms with Crippen LogP contribution in [0.5, 0.6) is 5.75 Å². The zero-order valence-corrected chi connectivity index (χ0v) is 13.5. The standard InChI is InChI=1S/C16H21NO5/c1-9-6-10(21-5)7-12-11(9)8-13(14(18)19)17(12)15(20)22-16(2,3)4/h6-7,13H,8H2,1-5H3,(H,18,19). The summed E-state index contributed by atoms with van der Waals surface area (Å²) < 4.78 is 10.6. The normalized spacial score (nSPS) is 17.1. The molecule has 0 spiro atoms. The molecule has 1 heterocycles. The van der Waals surface area contributed by atoms with Gasteiger partial charge in [0.2, 0.25) is 0 Å². The lowest BCUT2D eigenvalue weighted by molar-refractivity contribution is -0.138. The lowest BCUT2D eigenvalue weighted by Gasteiger charge is -2.27. The lowest BCUT2D eigenvalue weighted by atomic mass is 10.0. The first-order valence-corrected chi connectivity index (χ1v) is 7.06. The van der Waals surface area contributed by atoms with Crippen molar-refractivity contribution in [3.63, 3.8) is 0 Å². The van der Waals surface area contributed by atoms with Crippen LogP contribution < -0.4 is 9.64 Å². The van der Waals surface area contributed by atoms with Gasteiger partial charge in [0, 0.05) is 12.5 Å². The summed E-state index contributed by atoms with van der Waals surface area (Å²) in [5.74, 6) is -0.476. The first-order valence-electron chi connectivity index (χ1n) is 7.06. The average Bonchev–Trinajstić information content (AvgIpc) is 2.76. The summed E-state index contributed by atoms with van der Waals surface area (Å²) in [7, 11) is 1.53. The molecule has 1 aliphatic rings. The maximum Gasteiger partial charge on any atom is 0.415 e. The van der Waals surface area contributed by atoms with Gasteiger partial charge in [0.1, 0.15) is 17.4 Å². The number of hydrogen-bond acceptors (Lipinski definition) is 4. The minimum atomic E-state index is -1.06. The van der Waals surface area contributed by atoms with E-state index in [0.29, 0.717) is 11.4 Å². The molecular formula is C16H21NO5. The van der Waals surface area contributed by atoms with Gasteiger partial charge in [0.05, 0.1) is 12.8 Å². The van der Waals surface area contributed by atoms with Crippen LogP contribution in [0.1, 0.15) is 31.9 Å². The lowest BCUT2D eigenvalue weighted by Crippen LogP contribution is -2.45. The Labute approximate surface area is 129 Å². The highest BCUT2D eigenvalue weighted by Gasteiger charge is 2.41. The Hall–Kier alpha value is -2.24. The third-order valence-electron chi connectivity index (χ3n) is 3.50. The van der Waals surface area contributed by atoms with Crippen LogP contribution in [-0.4, -0.2) is 35.9 Å². The van der Waals surface area contributed by atoms with Crippen LogP contribution >= 0.6 is 0 Å². The highest BCUT2D eigenvalue weighted by molar-refractivity contribution is 5.99. The summed E-state index contributed by atoms with van der Waals surface area (Å²) in [6, 6.07) is 2.54. The molecule has 6 heteroatoms. The Morgan fingerprint density at radius 3 is 2.45 bits per heavy atom. The zero-order chi connectivity index (χ0) is 16.7. The second-order valence-corrected chi connectivity index (χ2v) is 6.35. The summed E-state index contributed by atoms with van der Waals surface area (Å²) >= 11 is 0. The number of methoxy groups -OCH3 is 1. The number of benzene rings is 1. The van der Waals surface area contributed by atoms with Crippen LogP contribution in [0.4, 0.5) is 10.5 Å². The predicted molar refractivity (Wildman–Crippen MR) is 81.6 cm³/mol. The molecule has 0 fully saturated rings. The fraction of sp³-hybridized carbons (Fsp3) is 0.500. The number of carboxylic acids is 1. The van der Waals surface area contributed by atoms with Gasteiger partial charge in [-0.1, -0.05) is 0 Å². The van der Waals surface area contributed by atoms with E-state index in [2.05, 4.69) is 0 Å². The van der Waals surface area contributed by atoms with Crippen molar-refractivity contribution in [1.29, 1.82) is 0 Å². The first-order chi connectivity index (χ1) is 10.1. The maximum atomic E-state index is 12.4. The number of anilines is 1. The van der Waals surface area contributed by atoms with Gasteiger partial charge in [-0.05, 0) is 44.9 Å². The molecule has 1 aliphatic heterocycles. The van der Waals surface area contributed by atoms with E-state index in [9.17, 15) is 14.7 Å². The van der Waals surface area contributed by atoms with E-state index in [1.807, 2.05) is 13.0 Å². The predicted octanol–water partition coefficient (Wildman–Crippen LogP) is 2.75. The van der Waals surface area contributed by atoms with E-state index in [1.165, 1.54) is 12.0 Å². The molecular weight excluding hydrogens is 286 g/mol. The number of carbonyl (C=O) groups excluding carboxylic acids is 1. The van der Waals surface area contributed by atoms with E-state index in [4.69, 9.17) is 9.47 Å². The topological polar surface area (TPSA) is 76.1 Å². The summed E-state index contributed by atoms with van der Waals surface area (Å²) in [6.45, 7) is 7.11. The minimum absolute atomic E-state index is 0.264. The summed E-state index contributed by atoms with van der Waals surface area (Å²) in [6.07, 6.45) is -0.397. The maximum absolute atomic E-state index is 12.4. The van der Waals surface area contributed by atoms with Crippen LogP contribution in [0, 0.1) is 6.92 Å². The van der Waals surface area contributed by atoms with Crippen LogP contribution in [0.2, 0.25) is 0 Å². The molecule has 1 amide bonds. The Kier molecular flexibility index (Phi) is 4.04. The summed E-state index contributed by atoms with van der Waals surface area (Å²) in [5.41, 5.74) is 1.57. The molecule has 0 saturated heterocycles. The third kappa shape index (κ3) is 3.00. The smallest absolute Gasteiger partial charge is 0.415 e. The molecule has 1 unspecified atom stereocenters. The van der Waals surface area contributed by atoms with Crippen LogP contribution in [0.25, 0.3) is 0 Å². The van der Waals surface area contributed by atoms with Gasteiger partial charge in [-0.2, -0.15) is 0 Å². The largest absolute Gasteiger partial charge is 0.497 e. The molecule has 120 valence electrons. The number of fused-ring (bicyclic) bond motifs is 1. The Morgan fingerprint density at radius 1 is 1.32 bits per heavy atom. The number of amides is 1. The molecule has 1 atom stereocenters. The zero-order valence-electron chi connectivity index (χ0n) is 13.5. The van der Waals surface area contributed by atoms with Gasteiger partial charge in [-0.3, -0.25) is 4.90 Å². The molecule has 1 aromatic rings. The van der Waals surface area contributed by atoms with Gasteiger partial charge < -0.3 is 14.6 Å². The second kappa shape index (κ2) is 5.51. The fourth-order valence-corrected chi connectivity index (χ4v) is 2.55. The molecule has 1 aromatic carbocycles. The average molecular weight is 307 g/mol. The van der Waals surface area contributed by atoms with E-state index in [-0.39, 0.29) is 6.42 Å². The number of hydrogen-bond donors (Lipinski definition) is 1. The van der Waals surface area contributed by atoms with Crippen LogP contribution in [0.3, 0.4) is 0 Å². The monoisotopic (exact) mass is 307 g/mol. The van der Waals surface area contributed by atoms with Crippen molar-refractivity contribution >= 4 is 17.7 Å². The SMILES string of the molecule is COc1cc(C)c2c(c1)N(C(=O)OC(C)(C)C)C(C(=O)O)C2. The molecule has 0 saturated carbocycles. The van der Waals surface area contributed by atoms with Crippen molar-refractivity contribution in [2.24, 2.45) is 0 Å². The molecule has 6 nitrogen and oxygen atoms in total. The number of carboxylic acid groups (broad SMARTS) is 1. The number of ether oxygens (including phenoxy) is 2. The minimum Gasteiger partial charge on any atom is -0.497 e. The summed E-state index contributed by atoms with van der Waals surface area (Å²) in [4.78, 5) is 25.2. The van der Waals surface area contributed by atoms with Crippen molar-refractivity contribution in [3.05, 3.63) is 23.3 Å². The molecule has 0 radical (unpaired) electrons. The summed E-state index contributed by atoms with van der Waals surface area (Å²) in [5, 5.41) is 9.44. The van der Waals surface area contributed by atoms with Crippen LogP contribution in [-0.2, 0) is 16.0 Å². The number of aryl methyl sites for hydroxylation is 1. The fourth-order valence-electron chi connectivity index (χ4n) is 2.55. The van der Waals surface area contributed by atoms with E-state index >= 15 is 0 Å². The second-order valence-electron chi connectivity index (χ2n) is 6.35. The van der Waals surface area contributed by atoms with Gasteiger partial charge in [-0.15, -0.1) is 0 Å². The van der Waals surface area contributed by atoms with Crippen molar-refractivity contribution in [2.45, 2.75) is 45.8 Å². The quantitative estimate of drug-likeness (QED) is 0.909. The van der Waals surface area contributed by atoms with E-state index < -0.39 is 23.7 Å². The molecule has 0 aromatic heterocycles. The third-order valence-corrected chi connectivity index (χ3v) is 3.50. The van der Waals surface area contributed by atoms with Gasteiger partial charge >= 0.3 is 12.1 Å². The van der Waals surface area contributed by atoms with Gasteiger partial charge in [-0.25, -0.2) is 9.59 Å².